The maximum atomic E-state index is 12.8. The first-order chi connectivity index (χ1) is 15.7. The zero-order valence-corrected chi connectivity index (χ0v) is 18.9. The van der Waals surface area contributed by atoms with Gasteiger partial charge in [0.05, 0.1) is 0 Å². The molecule has 2 heterocycles. The van der Waals surface area contributed by atoms with Gasteiger partial charge in [0.2, 0.25) is 5.91 Å². The second-order valence-electron chi connectivity index (χ2n) is 8.31. The first-order valence-corrected chi connectivity index (χ1v) is 11.7. The van der Waals surface area contributed by atoms with Gasteiger partial charge in [-0.3, -0.25) is 4.79 Å². The molecule has 0 bridgehead atoms. The molecule has 4 rings (SSSR count). The molecule has 1 atom stereocenters. The zero-order valence-electron chi connectivity index (χ0n) is 18.9. The second-order valence-corrected chi connectivity index (χ2v) is 8.31. The summed E-state index contributed by atoms with van der Waals surface area (Å²) in [4.78, 5) is 24.0. The summed E-state index contributed by atoms with van der Waals surface area (Å²) in [6.45, 7) is 8.14. The van der Waals surface area contributed by atoms with Crippen LogP contribution in [0.5, 0.6) is 0 Å². The van der Waals surface area contributed by atoms with Crippen molar-refractivity contribution in [3.63, 3.8) is 0 Å². The quantitative estimate of drug-likeness (QED) is 0.539. The predicted molar refractivity (Wildman–Crippen MR) is 131 cm³/mol. The van der Waals surface area contributed by atoms with Crippen molar-refractivity contribution < 1.29 is 4.79 Å². The minimum Gasteiger partial charge on any atom is -0.369 e. The van der Waals surface area contributed by atoms with E-state index in [1.54, 1.807) is 0 Å². The van der Waals surface area contributed by atoms with Crippen LogP contribution in [0.1, 0.15) is 13.3 Å². The maximum Gasteiger partial charge on any atom is 0.244 e. The van der Waals surface area contributed by atoms with Gasteiger partial charge >= 0.3 is 0 Å². The van der Waals surface area contributed by atoms with Crippen molar-refractivity contribution in [3.05, 3.63) is 60.7 Å². The van der Waals surface area contributed by atoms with E-state index in [2.05, 4.69) is 74.0 Å². The topological polar surface area (TPSA) is 63.2 Å². The summed E-state index contributed by atoms with van der Waals surface area (Å²) in [5.74, 6) is 0.816. The number of nitrogens with one attached hydrogen (secondary N) is 2. The van der Waals surface area contributed by atoms with Gasteiger partial charge in [-0.1, -0.05) is 36.4 Å². The Balaban J connectivity index is 1.26. The van der Waals surface area contributed by atoms with Gasteiger partial charge in [0.1, 0.15) is 6.54 Å². The maximum absolute atomic E-state index is 12.8. The number of hydrogen-bond donors (Lipinski definition) is 2. The van der Waals surface area contributed by atoms with Crippen LogP contribution in [0.25, 0.3) is 0 Å². The van der Waals surface area contributed by atoms with Gasteiger partial charge in [0.15, 0.2) is 5.96 Å². The number of amides is 1. The molecule has 0 aliphatic carbocycles. The van der Waals surface area contributed by atoms with E-state index in [-0.39, 0.29) is 12.5 Å². The Morgan fingerprint density at radius 3 is 2.16 bits per heavy atom. The van der Waals surface area contributed by atoms with Crippen LogP contribution in [0.2, 0.25) is 0 Å². The second kappa shape index (κ2) is 10.9. The van der Waals surface area contributed by atoms with Crippen LogP contribution < -0.4 is 20.4 Å². The summed E-state index contributed by atoms with van der Waals surface area (Å²) in [5.41, 5.74) is 2.47. The number of rotatable bonds is 6. The molecule has 7 nitrogen and oxygen atoms in total. The van der Waals surface area contributed by atoms with Gasteiger partial charge in [0.25, 0.3) is 0 Å². The van der Waals surface area contributed by atoms with Gasteiger partial charge in [-0.15, -0.1) is 0 Å². The molecule has 0 aromatic heterocycles. The van der Waals surface area contributed by atoms with Gasteiger partial charge in [0, 0.05) is 63.2 Å². The summed E-state index contributed by atoms with van der Waals surface area (Å²) in [6, 6.07) is 21.2. The lowest BCUT2D eigenvalue weighted by atomic mass is 10.2. The monoisotopic (exact) mass is 434 g/mol. The van der Waals surface area contributed by atoms with Crippen LogP contribution in [-0.2, 0) is 4.79 Å². The lowest BCUT2D eigenvalue weighted by Gasteiger charge is -2.36. The average Bonchev–Trinajstić information content (AvgIpc) is 3.32. The fourth-order valence-corrected chi connectivity index (χ4v) is 4.36. The highest BCUT2D eigenvalue weighted by molar-refractivity contribution is 5.85. The van der Waals surface area contributed by atoms with Crippen LogP contribution >= 0.6 is 0 Å². The highest BCUT2D eigenvalue weighted by Crippen LogP contribution is 2.19. The first kappa shape index (κ1) is 22.0. The molecule has 32 heavy (non-hydrogen) atoms. The molecule has 0 radical (unpaired) electrons. The Morgan fingerprint density at radius 1 is 0.906 bits per heavy atom. The summed E-state index contributed by atoms with van der Waals surface area (Å²) < 4.78 is 0. The Kier molecular flexibility index (Phi) is 7.48. The molecule has 7 heteroatoms. The smallest absolute Gasteiger partial charge is 0.244 e. The van der Waals surface area contributed by atoms with Gasteiger partial charge in [-0.25, -0.2) is 4.99 Å². The molecule has 2 saturated heterocycles. The summed E-state index contributed by atoms with van der Waals surface area (Å²) in [7, 11) is 0. The number of anilines is 2. The molecule has 2 aliphatic heterocycles. The molecule has 2 fully saturated rings. The molecule has 1 unspecified atom stereocenters. The van der Waals surface area contributed by atoms with Gasteiger partial charge in [-0.05, 0) is 37.6 Å². The number of benzene rings is 2. The summed E-state index contributed by atoms with van der Waals surface area (Å²) >= 11 is 0. The van der Waals surface area contributed by atoms with E-state index in [0.29, 0.717) is 6.04 Å². The Labute approximate surface area is 191 Å². The van der Waals surface area contributed by atoms with Crippen molar-refractivity contribution in [3.8, 4) is 0 Å². The fraction of sp³-hybridized carbons (Fsp3) is 0.440. The Hall–Kier alpha value is -3.22. The lowest BCUT2D eigenvalue weighted by Crippen LogP contribution is -2.50. The minimum atomic E-state index is 0.0900. The molecule has 0 saturated carbocycles. The van der Waals surface area contributed by atoms with Crippen LogP contribution in [0.3, 0.4) is 0 Å². The van der Waals surface area contributed by atoms with Crippen LogP contribution in [-0.4, -0.2) is 75.2 Å². The van der Waals surface area contributed by atoms with Crippen molar-refractivity contribution in [2.24, 2.45) is 4.99 Å². The molecule has 2 N–H and O–H groups in total. The fourth-order valence-electron chi connectivity index (χ4n) is 4.36. The van der Waals surface area contributed by atoms with Crippen molar-refractivity contribution >= 4 is 23.2 Å². The molecular formula is C25H34N6O. The highest BCUT2D eigenvalue weighted by atomic mass is 16.2. The third-order valence-electron chi connectivity index (χ3n) is 6.12. The number of guanidine groups is 1. The number of nitrogens with zero attached hydrogens (tertiary/aromatic N) is 4. The largest absolute Gasteiger partial charge is 0.369 e. The summed E-state index contributed by atoms with van der Waals surface area (Å²) in [5, 5.41) is 6.81. The molecule has 1 amide bonds. The average molecular weight is 435 g/mol. The molecular weight excluding hydrogens is 400 g/mol. The number of hydrogen-bond acceptors (Lipinski definition) is 4. The van der Waals surface area contributed by atoms with E-state index in [1.807, 2.05) is 24.0 Å². The van der Waals surface area contributed by atoms with Gasteiger partial charge < -0.3 is 25.3 Å². The van der Waals surface area contributed by atoms with Gasteiger partial charge in [-0.2, -0.15) is 0 Å². The van der Waals surface area contributed by atoms with Crippen LogP contribution in [0.4, 0.5) is 11.4 Å². The minimum absolute atomic E-state index is 0.0900. The Morgan fingerprint density at radius 2 is 1.53 bits per heavy atom. The number of carbonyl (C=O) groups is 1. The predicted octanol–water partition coefficient (Wildman–Crippen LogP) is 2.17. The lowest BCUT2D eigenvalue weighted by molar-refractivity contribution is -0.129. The zero-order chi connectivity index (χ0) is 22.2. The van der Waals surface area contributed by atoms with E-state index in [0.717, 1.165) is 58.2 Å². The molecule has 2 aliphatic rings. The molecule has 2 aromatic carbocycles. The van der Waals surface area contributed by atoms with Crippen molar-refractivity contribution in [2.45, 2.75) is 19.4 Å². The van der Waals surface area contributed by atoms with Crippen molar-refractivity contribution in [2.75, 3.05) is 62.2 Å². The highest BCUT2D eigenvalue weighted by Gasteiger charge is 2.24. The van der Waals surface area contributed by atoms with E-state index in [9.17, 15) is 4.79 Å². The van der Waals surface area contributed by atoms with E-state index in [4.69, 9.17) is 0 Å². The standard InChI is InChI=1S/C25H34N6O/c1-2-26-25(28-21-13-14-31(20-21)23-11-7-4-8-12-23)27-19-24(32)30-17-15-29(16-18-30)22-9-5-3-6-10-22/h3-12,21H,2,13-20H2,1H3,(H2,26,27,28). The third kappa shape index (κ3) is 5.72. The Bertz CT molecular complexity index is 880. The normalized spacial score (nSPS) is 19.2. The first-order valence-electron chi connectivity index (χ1n) is 11.7. The van der Waals surface area contributed by atoms with Crippen LogP contribution in [0.15, 0.2) is 65.7 Å². The number of carbonyl (C=O) groups excluding carboxylic acids is 1. The molecule has 0 spiro atoms. The SMILES string of the molecule is CCNC(=NCC(=O)N1CCN(c2ccccc2)CC1)NC1CCN(c2ccccc2)C1. The number of para-hydroxylation sites is 2. The molecule has 2 aromatic rings. The van der Waals surface area contributed by atoms with E-state index >= 15 is 0 Å². The van der Waals surface area contributed by atoms with E-state index < -0.39 is 0 Å². The van der Waals surface area contributed by atoms with Crippen LogP contribution in [0, 0.1) is 0 Å². The third-order valence-corrected chi connectivity index (χ3v) is 6.12. The molecule has 170 valence electrons. The van der Waals surface area contributed by atoms with E-state index in [1.165, 1.54) is 11.4 Å². The number of piperazine rings is 1. The van der Waals surface area contributed by atoms with Crippen molar-refractivity contribution in [1.82, 2.24) is 15.5 Å². The number of aliphatic imine (C=N–C) groups is 1. The van der Waals surface area contributed by atoms with Crippen molar-refractivity contribution in [1.29, 1.82) is 0 Å². The summed E-state index contributed by atoms with van der Waals surface area (Å²) in [6.07, 6.45) is 1.05.